The third-order valence-electron chi connectivity index (χ3n) is 4.95. The quantitative estimate of drug-likeness (QED) is 0.485. The minimum atomic E-state index is -1.05. The van der Waals surface area contributed by atoms with Gasteiger partial charge in [-0.2, -0.15) is 0 Å². The summed E-state index contributed by atoms with van der Waals surface area (Å²) in [6, 6.07) is -0.916. The monoisotopic (exact) mass is 297 g/mol. The molecule has 0 aromatic rings. The summed E-state index contributed by atoms with van der Waals surface area (Å²) < 4.78 is 0. The molecule has 0 spiro atoms. The van der Waals surface area contributed by atoms with Gasteiger partial charge in [0, 0.05) is 17.8 Å². The molecule has 6 atom stereocenters. The van der Waals surface area contributed by atoms with Crippen molar-refractivity contribution in [1.82, 2.24) is 0 Å². The van der Waals surface area contributed by atoms with Crippen LogP contribution in [0.25, 0.3) is 0 Å². The minimum Gasteiger partial charge on any atom is -0.392 e. The molecule has 0 radical (unpaired) electrons. The summed E-state index contributed by atoms with van der Waals surface area (Å²) in [5, 5.41) is 21.3. The van der Waals surface area contributed by atoms with E-state index in [2.05, 4.69) is 0 Å². The van der Waals surface area contributed by atoms with Gasteiger partial charge < -0.3 is 5.11 Å². The van der Waals surface area contributed by atoms with E-state index in [1.807, 2.05) is 13.8 Å². The van der Waals surface area contributed by atoms with Crippen LogP contribution in [0, 0.1) is 33.8 Å². The molecule has 2 aliphatic rings. The Morgan fingerprint density at radius 1 is 1.24 bits per heavy atom. The van der Waals surface area contributed by atoms with E-state index in [9.17, 15) is 24.8 Å². The van der Waals surface area contributed by atoms with Crippen molar-refractivity contribution in [2.45, 2.75) is 58.1 Å². The number of aliphatic hydroxyl groups is 1. The molecule has 0 amide bonds. The number of hydrogen-bond donors (Lipinski definition) is 1. The van der Waals surface area contributed by atoms with E-state index >= 15 is 0 Å². The van der Waals surface area contributed by atoms with E-state index in [1.54, 1.807) is 0 Å². The average Bonchev–Trinajstić information content (AvgIpc) is 2.36. The molecule has 2 rings (SSSR count). The van der Waals surface area contributed by atoms with Crippen LogP contribution >= 0.6 is 0 Å². The highest BCUT2D eigenvalue weighted by atomic mass is 16.6. The van der Waals surface area contributed by atoms with E-state index in [4.69, 9.17) is 0 Å². The molecule has 2 aliphatic carbocycles. The summed E-state index contributed by atoms with van der Waals surface area (Å²) in [5.41, 5.74) is 0. The SMILES string of the molecule is CC1CC(=O)C(C(=O)C2CCC(C)CC2[N+](=O)[O-])C(O)C1. The van der Waals surface area contributed by atoms with Crippen LogP contribution in [0.4, 0.5) is 0 Å². The second-order valence-corrected chi connectivity index (χ2v) is 6.84. The molecule has 118 valence electrons. The van der Waals surface area contributed by atoms with Crippen LogP contribution in [0.3, 0.4) is 0 Å². The lowest BCUT2D eigenvalue weighted by Gasteiger charge is -2.34. The van der Waals surface area contributed by atoms with Crippen LogP contribution in [0.1, 0.15) is 46.0 Å². The molecule has 0 aromatic carbocycles. The first-order chi connectivity index (χ1) is 9.81. The fraction of sp³-hybridized carbons (Fsp3) is 0.867. The zero-order chi connectivity index (χ0) is 15.7. The van der Waals surface area contributed by atoms with Gasteiger partial charge in [0.25, 0.3) is 0 Å². The highest BCUT2D eigenvalue weighted by Crippen LogP contribution is 2.36. The summed E-state index contributed by atoms with van der Waals surface area (Å²) in [5.74, 6) is -2.17. The predicted molar refractivity (Wildman–Crippen MR) is 75.2 cm³/mol. The standard InChI is InChI=1S/C15H23NO5/c1-8-3-4-10(11(5-8)16(20)21)15(19)14-12(17)6-9(2)7-13(14)18/h8-12,14,17H,3-7H2,1-2H3. The van der Waals surface area contributed by atoms with E-state index in [0.717, 1.165) is 6.42 Å². The summed E-state index contributed by atoms with van der Waals surface area (Å²) in [7, 11) is 0. The minimum absolute atomic E-state index is 0.0641. The molecular formula is C15H23NO5. The molecule has 0 aromatic heterocycles. The summed E-state index contributed by atoms with van der Waals surface area (Å²) in [4.78, 5) is 35.5. The van der Waals surface area contributed by atoms with Gasteiger partial charge in [0.2, 0.25) is 6.04 Å². The number of carbonyl (C=O) groups is 2. The smallest absolute Gasteiger partial charge is 0.223 e. The normalized spacial score (nSPS) is 40.8. The van der Waals surface area contributed by atoms with E-state index in [1.165, 1.54) is 0 Å². The molecule has 2 saturated carbocycles. The number of hydrogen-bond acceptors (Lipinski definition) is 5. The van der Waals surface area contributed by atoms with Gasteiger partial charge in [-0.15, -0.1) is 0 Å². The molecule has 1 N–H and O–H groups in total. The fourth-order valence-corrected chi connectivity index (χ4v) is 3.81. The Balaban J connectivity index is 2.17. The van der Waals surface area contributed by atoms with Gasteiger partial charge >= 0.3 is 0 Å². The topological polar surface area (TPSA) is 97.5 Å². The Morgan fingerprint density at radius 2 is 1.90 bits per heavy atom. The van der Waals surface area contributed by atoms with Crippen LogP contribution in [0.2, 0.25) is 0 Å². The molecule has 0 saturated heterocycles. The Labute approximate surface area is 124 Å². The first-order valence-electron chi connectivity index (χ1n) is 7.69. The summed E-state index contributed by atoms with van der Waals surface area (Å²) >= 11 is 0. The van der Waals surface area contributed by atoms with Crippen molar-refractivity contribution in [1.29, 1.82) is 0 Å². The highest BCUT2D eigenvalue weighted by molar-refractivity contribution is 6.04. The van der Waals surface area contributed by atoms with Gasteiger partial charge in [-0.1, -0.05) is 13.8 Å². The second-order valence-electron chi connectivity index (χ2n) is 6.84. The van der Waals surface area contributed by atoms with Crippen molar-refractivity contribution < 1.29 is 19.6 Å². The van der Waals surface area contributed by atoms with Gasteiger partial charge in [-0.25, -0.2) is 0 Å². The third kappa shape index (κ3) is 3.31. The number of ketones is 2. The van der Waals surface area contributed by atoms with Crippen LogP contribution in [-0.2, 0) is 9.59 Å². The van der Waals surface area contributed by atoms with Gasteiger partial charge in [0.05, 0.1) is 12.0 Å². The van der Waals surface area contributed by atoms with Crippen LogP contribution in [-0.4, -0.2) is 33.7 Å². The number of rotatable bonds is 3. The van der Waals surface area contributed by atoms with Crippen LogP contribution < -0.4 is 0 Å². The van der Waals surface area contributed by atoms with Gasteiger partial charge in [0.1, 0.15) is 11.7 Å². The molecule has 6 nitrogen and oxygen atoms in total. The summed E-state index contributed by atoms with van der Waals surface area (Å²) in [6.07, 6.45) is 1.28. The summed E-state index contributed by atoms with van der Waals surface area (Å²) in [6.45, 7) is 3.81. The maximum atomic E-state index is 12.6. The molecule has 0 bridgehead atoms. The molecule has 21 heavy (non-hydrogen) atoms. The van der Waals surface area contributed by atoms with E-state index in [0.29, 0.717) is 19.3 Å². The van der Waals surface area contributed by atoms with E-state index in [-0.39, 0.29) is 29.0 Å². The second kappa shape index (κ2) is 6.22. The largest absolute Gasteiger partial charge is 0.392 e. The van der Waals surface area contributed by atoms with Crippen molar-refractivity contribution >= 4 is 11.6 Å². The van der Waals surface area contributed by atoms with Crippen molar-refractivity contribution in [2.75, 3.05) is 0 Å². The molecule has 0 heterocycles. The Hall–Kier alpha value is -1.30. The lowest BCUT2D eigenvalue weighted by atomic mass is 9.69. The van der Waals surface area contributed by atoms with Crippen molar-refractivity contribution in [3.8, 4) is 0 Å². The molecule has 0 aliphatic heterocycles. The van der Waals surface area contributed by atoms with Crippen molar-refractivity contribution in [3.05, 3.63) is 10.1 Å². The molecule has 6 unspecified atom stereocenters. The lowest BCUT2D eigenvalue weighted by Crippen LogP contribution is -2.48. The van der Waals surface area contributed by atoms with E-state index < -0.39 is 29.8 Å². The maximum Gasteiger partial charge on any atom is 0.223 e. The Kier molecular flexibility index (Phi) is 4.76. The van der Waals surface area contributed by atoms with Crippen molar-refractivity contribution in [3.63, 3.8) is 0 Å². The Bertz CT molecular complexity index is 449. The van der Waals surface area contributed by atoms with Crippen molar-refractivity contribution in [2.24, 2.45) is 23.7 Å². The zero-order valence-corrected chi connectivity index (χ0v) is 12.5. The van der Waals surface area contributed by atoms with Crippen LogP contribution in [0.5, 0.6) is 0 Å². The molecular weight excluding hydrogens is 274 g/mol. The first kappa shape index (κ1) is 16.1. The number of nitrogens with zero attached hydrogens (tertiary/aromatic N) is 1. The lowest BCUT2D eigenvalue weighted by molar-refractivity contribution is -0.534. The van der Waals surface area contributed by atoms with Gasteiger partial charge in [0.15, 0.2) is 5.78 Å². The molecule has 6 heteroatoms. The predicted octanol–water partition coefficient (Wildman–Crippen LogP) is 1.61. The van der Waals surface area contributed by atoms with Gasteiger partial charge in [-0.3, -0.25) is 19.7 Å². The highest BCUT2D eigenvalue weighted by Gasteiger charge is 2.48. The first-order valence-corrected chi connectivity index (χ1v) is 7.69. The number of Topliss-reactive ketones (excluding diaryl/α,β-unsaturated/α-hetero) is 2. The Morgan fingerprint density at radius 3 is 2.48 bits per heavy atom. The number of aliphatic hydroxyl groups excluding tert-OH is 1. The van der Waals surface area contributed by atoms with Gasteiger partial charge in [-0.05, 0) is 31.1 Å². The number of nitro groups is 1. The molecule has 2 fully saturated rings. The third-order valence-corrected chi connectivity index (χ3v) is 4.95. The maximum absolute atomic E-state index is 12.6. The number of carbonyl (C=O) groups excluding carboxylic acids is 2. The fourth-order valence-electron chi connectivity index (χ4n) is 3.81. The average molecular weight is 297 g/mol. The zero-order valence-electron chi connectivity index (χ0n) is 12.5. The van der Waals surface area contributed by atoms with Crippen LogP contribution in [0.15, 0.2) is 0 Å².